The molecule has 0 saturated carbocycles. The molecule has 2 aromatic rings. The van der Waals surface area contributed by atoms with Crippen LogP contribution in [0.1, 0.15) is 17.5 Å². The molecular formula is C21H22IN3O4. The molecule has 0 unspecified atom stereocenters. The third-order valence-corrected chi connectivity index (χ3v) is 4.46. The molecule has 0 bridgehead atoms. The Labute approximate surface area is 183 Å². The van der Waals surface area contributed by atoms with E-state index in [0.29, 0.717) is 29.4 Å². The summed E-state index contributed by atoms with van der Waals surface area (Å²) in [5, 5.41) is 6.56. The molecule has 0 aliphatic carbocycles. The lowest BCUT2D eigenvalue weighted by atomic mass is 10.2. The number of amides is 2. The van der Waals surface area contributed by atoms with E-state index in [9.17, 15) is 9.59 Å². The quantitative estimate of drug-likeness (QED) is 0.178. The third kappa shape index (κ3) is 7.22. The highest BCUT2D eigenvalue weighted by molar-refractivity contribution is 14.1. The van der Waals surface area contributed by atoms with Gasteiger partial charge in [-0.25, -0.2) is 5.43 Å². The summed E-state index contributed by atoms with van der Waals surface area (Å²) in [6.07, 6.45) is 2.79. The van der Waals surface area contributed by atoms with E-state index in [1.165, 1.54) is 6.21 Å². The lowest BCUT2D eigenvalue weighted by Crippen LogP contribution is -2.24. The van der Waals surface area contributed by atoms with E-state index in [2.05, 4.69) is 45.0 Å². The smallest absolute Gasteiger partial charge is 0.249 e. The van der Waals surface area contributed by atoms with Crippen LogP contribution in [0.2, 0.25) is 0 Å². The molecule has 0 atom stereocenters. The van der Waals surface area contributed by atoms with Crippen molar-refractivity contribution in [1.29, 1.82) is 0 Å². The molecule has 2 amide bonds. The van der Waals surface area contributed by atoms with Crippen molar-refractivity contribution in [3.63, 3.8) is 0 Å². The number of aryl methyl sites for hydroxylation is 1. The number of carbonyl (C=O) groups is 2. The van der Waals surface area contributed by atoms with Gasteiger partial charge in [-0.1, -0.05) is 30.4 Å². The van der Waals surface area contributed by atoms with Crippen LogP contribution in [-0.4, -0.2) is 31.7 Å². The normalized spacial score (nSPS) is 10.4. The van der Waals surface area contributed by atoms with Crippen LogP contribution in [0, 0.1) is 10.5 Å². The van der Waals surface area contributed by atoms with Crippen molar-refractivity contribution in [3.05, 3.63) is 63.8 Å². The molecule has 0 radical (unpaired) electrons. The van der Waals surface area contributed by atoms with Gasteiger partial charge in [0.1, 0.15) is 13.0 Å². The van der Waals surface area contributed by atoms with Crippen molar-refractivity contribution >= 4 is 46.3 Å². The predicted molar refractivity (Wildman–Crippen MR) is 122 cm³/mol. The fraction of sp³-hybridized carbons (Fsp3) is 0.190. The predicted octanol–water partition coefficient (Wildman–Crippen LogP) is 3.65. The van der Waals surface area contributed by atoms with Crippen molar-refractivity contribution in [3.8, 4) is 11.5 Å². The Morgan fingerprint density at radius 2 is 1.93 bits per heavy atom. The zero-order valence-corrected chi connectivity index (χ0v) is 18.4. The number of nitrogens with zero attached hydrogens (tertiary/aromatic N) is 1. The van der Waals surface area contributed by atoms with E-state index in [-0.39, 0.29) is 6.42 Å². The van der Waals surface area contributed by atoms with Crippen LogP contribution in [0.3, 0.4) is 0 Å². The van der Waals surface area contributed by atoms with Gasteiger partial charge in [-0.2, -0.15) is 5.10 Å². The number of benzene rings is 2. The van der Waals surface area contributed by atoms with Crippen molar-refractivity contribution in [1.82, 2.24) is 5.43 Å². The van der Waals surface area contributed by atoms with Crippen LogP contribution in [0.4, 0.5) is 5.69 Å². The number of hydrogen-bond donors (Lipinski definition) is 2. The molecule has 2 aromatic carbocycles. The maximum Gasteiger partial charge on any atom is 0.249 e. The number of methoxy groups -OCH3 is 1. The summed E-state index contributed by atoms with van der Waals surface area (Å²) >= 11 is 2.13. The van der Waals surface area contributed by atoms with Crippen LogP contribution in [0.5, 0.6) is 11.5 Å². The van der Waals surface area contributed by atoms with E-state index >= 15 is 0 Å². The lowest BCUT2D eigenvalue weighted by molar-refractivity contribution is -0.126. The first kappa shape index (κ1) is 22.4. The fourth-order valence-electron chi connectivity index (χ4n) is 2.30. The van der Waals surface area contributed by atoms with E-state index < -0.39 is 11.8 Å². The molecule has 0 fully saturated rings. The number of halogens is 1. The van der Waals surface area contributed by atoms with Crippen LogP contribution in [0.15, 0.2) is 54.2 Å². The molecule has 0 heterocycles. The molecule has 0 spiro atoms. The summed E-state index contributed by atoms with van der Waals surface area (Å²) in [6.45, 7) is 5.94. The maximum absolute atomic E-state index is 11.9. The second-order valence-electron chi connectivity index (χ2n) is 6.02. The van der Waals surface area contributed by atoms with Gasteiger partial charge < -0.3 is 14.8 Å². The summed E-state index contributed by atoms with van der Waals surface area (Å²) in [4.78, 5) is 23.8. The Kier molecular flexibility index (Phi) is 8.66. The summed E-state index contributed by atoms with van der Waals surface area (Å²) in [6, 6.07) is 10.9. The zero-order chi connectivity index (χ0) is 21.2. The van der Waals surface area contributed by atoms with E-state index in [1.54, 1.807) is 31.4 Å². The average molecular weight is 507 g/mol. The van der Waals surface area contributed by atoms with Gasteiger partial charge in [0.2, 0.25) is 11.8 Å². The van der Waals surface area contributed by atoms with Crippen molar-refractivity contribution in [2.45, 2.75) is 13.3 Å². The van der Waals surface area contributed by atoms with Gasteiger partial charge in [-0.15, -0.1) is 0 Å². The summed E-state index contributed by atoms with van der Waals surface area (Å²) in [5.74, 6) is 0.228. The van der Waals surface area contributed by atoms with Gasteiger partial charge in [0.15, 0.2) is 11.5 Å². The van der Waals surface area contributed by atoms with E-state index in [1.807, 2.05) is 25.1 Å². The monoisotopic (exact) mass is 507 g/mol. The molecule has 0 aromatic heterocycles. The number of hydrazone groups is 1. The Morgan fingerprint density at radius 3 is 2.59 bits per heavy atom. The average Bonchev–Trinajstić information content (AvgIpc) is 2.68. The standard InChI is InChI=1S/C21H22IN3O4/c1-4-9-29-21-17(22)10-15(11-18(21)28-3)13-23-25-20(27)12-19(26)24-16-7-5-14(2)6-8-16/h4-8,10-11,13H,1,9,12H2,2-3H3,(H,24,26)(H,25,27). The summed E-state index contributed by atoms with van der Waals surface area (Å²) < 4.78 is 11.8. The first-order valence-electron chi connectivity index (χ1n) is 8.72. The first-order valence-corrected chi connectivity index (χ1v) is 9.80. The summed E-state index contributed by atoms with van der Waals surface area (Å²) in [5.41, 5.74) is 4.78. The Hall–Kier alpha value is -2.88. The Balaban J connectivity index is 1.92. The molecule has 2 N–H and O–H groups in total. The SMILES string of the molecule is C=CCOc1c(I)cc(C=NNC(=O)CC(=O)Nc2ccc(C)cc2)cc1OC. The number of anilines is 1. The number of nitrogens with one attached hydrogen (secondary N) is 2. The molecule has 0 aliphatic heterocycles. The third-order valence-electron chi connectivity index (χ3n) is 3.66. The van der Waals surface area contributed by atoms with Gasteiger partial charge in [0.25, 0.3) is 0 Å². The van der Waals surface area contributed by atoms with Crippen molar-refractivity contribution < 1.29 is 19.1 Å². The van der Waals surface area contributed by atoms with Crippen LogP contribution < -0.4 is 20.2 Å². The minimum absolute atomic E-state index is 0.333. The zero-order valence-electron chi connectivity index (χ0n) is 16.2. The molecule has 29 heavy (non-hydrogen) atoms. The second-order valence-corrected chi connectivity index (χ2v) is 7.18. The Bertz CT molecular complexity index is 911. The second kappa shape index (κ2) is 11.2. The van der Waals surface area contributed by atoms with Gasteiger partial charge in [0.05, 0.1) is 16.9 Å². The van der Waals surface area contributed by atoms with Crippen molar-refractivity contribution in [2.24, 2.45) is 5.10 Å². The van der Waals surface area contributed by atoms with Gasteiger partial charge in [-0.3, -0.25) is 9.59 Å². The van der Waals surface area contributed by atoms with Gasteiger partial charge in [-0.05, 0) is 59.3 Å². The maximum atomic E-state index is 11.9. The van der Waals surface area contributed by atoms with Crippen molar-refractivity contribution in [2.75, 3.05) is 19.0 Å². The topological polar surface area (TPSA) is 89.0 Å². The number of ether oxygens (including phenoxy) is 2. The van der Waals surface area contributed by atoms with Crippen LogP contribution in [0.25, 0.3) is 0 Å². The lowest BCUT2D eigenvalue weighted by Gasteiger charge is -2.12. The van der Waals surface area contributed by atoms with E-state index in [4.69, 9.17) is 9.47 Å². The highest BCUT2D eigenvalue weighted by Crippen LogP contribution is 2.33. The van der Waals surface area contributed by atoms with Crippen LogP contribution in [-0.2, 0) is 9.59 Å². The molecule has 152 valence electrons. The summed E-state index contributed by atoms with van der Waals surface area (Å²) in [7, 11) is 1.54. The minimum atomic E-state index is -0.515. The van der Waals surface area contributed by atoms with E-state index in [0.717, 1.165) is 9.13 Å². The largest absolute Gasteiger partial charge is 0.493 e. The molecule has 0 aliphatic rings. The molecule has 7 nitrogen and oxygen atoms in total. The molecule has 0 saturated heterocycles. The highest BCUT2D eigenvalue weighted by Gasteiger charge is 2.11. The molecular weight excluding hydrogens is 485 g/mol. The Morgan fingerprint density at radius 1 is 1.21 bits per heavy atom. The molecule has 8 heteroatoms. The molecule has 2 rings (SSSR count). The first-order chi connectivity index (χ1) is 13.9. The van der Waals surface area contributed by atoms with Gasteiger partial charge >= 0.3 is 0 Å². The highest BCUT2D eigenvalue weighted by atomic mass is 127. The fourth-order valence-corrected chi connectivity index (χ4v) is 3.08. The number of hydrogen-bond acceptors (Lipinski definition) is 5. The van der Waals surface area contributed by atoms with Crippen LogP contribution >= 0.6 is 22.6 Å². The minimum Gasteiger partial charge on any atom is -0.493 e. The number of rotatable bonds is 9. The number of carbonyl (C=O) groups excluding carboxylic acids is 2. The van der Waals surface area contributed by atoms with Gasteiger partial charge in [0, 0.05) is 5.69 Å².